The summed E-state index contributed by atoms with van der Waals surface area (Å²) in [6, 6.07) is 0. The first-order valence-electron chi connectivity index (χ1n) is 4.52. The van der Waals surface area contributed by atoms with Gasteiger partial charge in [0, 0.05) is 19.2 Å². The zero-order valence-electron chi connectivity index (χ0n) is 8.60. The second kappa shape index (κ2) is 4.08. The van der Waals surface area contributed by atoms with Crippen molar-refractivity contribution >= 4 is 11.8 Å². The van der Waals surface area contributed by atoms with Gasteiger partial charge in [0.2, 0.25) is 0 Å². The number of nitrogens with two attached hydrogens (primary N) is 1. The minimum absolute atomic E-state index is 0.475. The zero-order chi connectivity index (χ0) is 10.8. The van der Waals surface area contributed by atoms with Crippen LogP contribution < -0.4 is 5.73 Å². The molecule has 0 radical (unpaired) electrons. The molecule has 0 unspecified atom stereocenters. The third-order valence-corrected chi connectivity index (χ3v) is 3.17. The molecule has 15 heavy (non-hydrogen) atoms. The van der Waals surface area contributed by atoms with Crippen LogP contribution in [-0.4, -0.2) is 14.8 Å². The Hall–Kier alpha value is -1.27. The summed E-state index contributed by atoms with van der Waals surface area (Å²) >= 11 is 1.44. The molecule has 2 rings (SSSR count). The van der Waals surface area contributed by atoms with Crippen LogP contribution in [0.5, 0.6) is 0 Å². The monoisotopic (exact) mass is 224 g/mol. The Morgan fingerprint density at radius 1 is 1.60 bits per heavy atom. The van der Waals surface area contributed by atoms with Crippen molar-refractivity contribution in [2.24, 2.45) is 12.8 Å². The third-order valence-electron chi connectivity index (χ3n) is 2.09. The lowest BCUT2D eigenvalue weighted by Crippen LogP contribution is -1.99. The maximum Gasteiger partial charge on any atom is 0.261 e. The van der Waals surface area contributed by atoms with Crippen molar-refractivity contribution in [1.29, 1.82) is 0 Å². The summed E-state index contributed by atoms with van der Waals surface area (Å²) in [4.78, 5) is 4.05. The number of oxazole rings is 1. The van der Waals surface area contributed by atoms with Crippen LogP contribution in [0, 0.1) is 6.92 Å². The van der Waals surface area contributed by atoms with Gasteiger partial charge in [0.1, 0.15) is 11.3 Å². The van der Waals surface area contributed by atoms with E-state index in [-0.39, 0.29) is 0 Å². The number of hydrogen-bond donors (Lipinski definition) is 1. The van der Waals surface area contributed by atoms with E-state index in [1.54, 1.807) is 17.1 Å². The number of rotatable bonds is 3. The fourth-order valence-electron chi connectivity index (χ4n) is 1.39. The van der Waals surface area contributed by atoms with Crippen molar-refractivity contribution in [3.05, 3.63) is 23.7 Å². The predicted octanol–water partition coefficient (Wildman–Crippen LogP) is 1.33. The van der Waals surface area contributed by atoms with E-state index in [4.69, 9.17) is 10.2 Å². The second-order valence-corrected chi connectivity index (χ2v) is 4.04. The van der Waals surface area contributed by atoms with E-state index < -0.39 is 0 Å². The number of nitrogens with zero attached hydrogens (tertiary/aromatic N) is 3. The van der Waals surface area contributed by atoms with Crippen molar-refractivity contribution in [3.63, 3.8) is 0 Å². The minimum atomic E-state index is 0.475. The van der Waals surface area contributed by atoms with Gasteiger partial charge >= 0.3 is 0 Å². The Morgan fingerprint density at radius 3 is 3.00 bits per heavy atom. The molecule has 0 atom stereocenters. The highest BCUT2D eigenvalue weighted by atomic mass is 32.2. The highest BCUT2D eigenvalue weighted by Gasteiger charge is 2.14. The molecule has 0 aliphatic carbocycles. The van der Waals surface area contributed by atoms with E-state index >= 15 is 0 Å². The molecule has 0 fully saturated rings. The summed E-state index contributed by atoms with van der Waals surface area (Å²) in [7, 11) is 1.89. The molecule has 5 nitrogen and oxygen atoms in total. The molecule has 0 aliphatic heterocycles. The summed E-state index contributed by atoms with van der Waals surface area (Å²) in [5, 5.41) is 5.90. The van der Waals surface area contributed by atoms with Gasteiger partial charge in [-0.15, -0.1) is 0 Å². The van der Waals surface area contributed by atoms with Gasteiger partial charge in [-0.2, -0.15) is 5.10 Å². The van der Waals surface area contributed by atoms with Gasteiger partial charge in [0.15, 0.2) is 0 Å². The molecule has 0 amide bonds. The first kappa shape index (κ1) is 10.3. The lowest BCUT2D eigenvalue weighted by atomic mass is 10.3. The maximum atomic E-state index is 5.68. The van der Waals surface area contributed by atoms with Crippen molar-refractivity contribution in [3.8, 4) is 0 Å². The van der Waals surface area contributed by atoms with Crippen LogP contribution >= 0.6 is 11.8 Å². The molecule has 2 N–H and O–H groups in total. The summed E-state index contributed by atoms with van der Waals surface area (Å²) in [5.74, 6) is 0. The summed E-state index contributed by atoms with van der Waals surface area (Å²) < 4.78 is 6.97. The Balaban J connectivity index is 2.35. The van der Waals surface area contributed by atoms with Gasteiger partial charge < -0.3 is 10.2 Å². The number of aromatic nitrogens is 3. The van der Waals surface area contributed by atoms with Crippen LogP contribution in [0.2, 0.25) is 0 Å². The van der Waals surface area contributed by atoms with Crippen LogP contribution in [0.15, 0.2) is 27.1 Å². The maximum absolute atomic E-state index is 5.68. The molecule has 0 saturated carbocycles. The predicted molar refractivity (Wildman–Crippen MR) is 56.5 cm³/mol. The van der Waals surface area contributed by atoms with E-state index in [1.807, 2.05) is 14.0 Å². The Labute approximate surface area is 91.7 Å². The van der Waals surface area contributed by atoms with Crippen LogP contribution in [0.3, 0.4) is 0 Å². The molecule has 6 heteroatoms. The van der Waals surface area contributed by atoms with E-state index in [0.29, 0.717) is 11.8 Å². The number of aryl methyl sites for hydroxylation is 2. The van der Waals surface area contributed by atoms with Crippen LogP contribution in [0.1, 0.15) is 11.3 Å². The van der Waals surface area contributed by atoms with Crippen LogP contribution in [0.25, 0.3) is 0 Å². The molecule has 0 saturated heterocycles. The molecular formula is C9H12N4OS. The molecule has 0 spiro atoms. The largest absolute Gasteiger partial charge is 0.440 e. The van der Waals surface area contributed by atoms with Gasteiger partial charge in [-0.3, -0.25) is 4.68 Å². The third kappa shape index (κ3) is 1.91. The smallest absolute Gasteiger partial charge is 0.261 e. The molecule has 2 aromatic rings. The van der Waals surface area contributed by atoms with Gasteiger partial charge in [0.25, 0.3) is 5.22 Å². The molecule has 0 aromatic carbocycles. The average molecular weight is 224 g/mol. The van der Waals surface area contributed by atoms with E-state index in [0.717, 1.165) is 16.3 Å². The lowest BCUT2D eigenvalue weighted by molar-refractivity contribution is 0.453. The first-order valence-corrected chi connectivity index (χ1v) is 5.34. The Kier molecular flexibility index (Phi) is 2.79. The summed E-state index contributed by atoms with van der Waals surface area (Å²) in [5.41, 5.74) is 7.67. The van der Waals surface area contributed by atoms with Crippen molar-refractivity contribution in [2.75, 3.05) is 0 Å². The SMILES string of the molecule is Cc1nn(C)c(Sc2ncco2)c1CN. The quantitative estimate of drug-likeness (QED) is 0.851. The van der Waals surface area contributed by atoms with Gasteiger partial charge in [-0.05, 0) is 18.7 Å². The molecular weight excluding hydrogens is 212 g/mol. The average Bonchev–Trinajstić information content (AvgIpc) is 2.77. The second-order valence-electron chi connectivity index (χ2n) is 3.10. The molecule has 0 aliphatic rings. The summed E-state index contributed by atoms with van der Waals surface area (Å²) in [6.45, 7) is 2.42. The van der Waals surface area contributed by atoms with Crippen molar-refractivity contribution in [1.82, 2.24) is 14.8 Å². The lowest BCUT2D eigenvalue weighted by Gasteiger charge is -2.00. The van der Waals surface area contributed by atoms with Crippen molar-refractivity contribution < 1.29 is 4.42 Å². The highest BCUT2D eigenvalue weighted by molar-refractivity contribution is 7.99. The zero-order valence-corrected chi connectivity index (χ0v) is 9.41. The van der Waals surface area contributed by atoms with Crippen LogP contribution in [0.4, 0.5) is 0 Å². The van der Waals surface area contributed by atoms with E-state index in [9.17, 15) is 0 Å². The normalized spacial score (nSPS) is 10.9. The number of hydrogen-bond acceptors (Lipinski definition) is 5. The Bertz CT molecular complexity index is 449. The molecule has 80 valence electrons. The molecule has 2 aromatic heterocycles. The fourth-order valence-corrected chi connectivity index (χ4v) is 2.30. The summed E-state index contributed by atoms with van der Waals surface area (Å²) in [6.07, 6.45) is 3.17. The van der Waals surface area contributed by atoms with E-state index in [1.165, 1.54) is 11.8 Å². The topological polar surface area (TPSA) is 69.9 Å². The highest BCUT2D eigenvalue weighted by Crippen LogP contribution is 2.30. The van der Waals surface area contributed by atoms with Gasteiger partial charge in [-0.25, -0.2) is 4.98 Å². The van der Waals surface area contributed by atoms with Gasteiger partial charge in [0.05, 0.1) is 11.9 Å². The standard InChI is InChI=1S/C9H12N4OS/c1-6-7(5-10)8(13(2)12-6)15-9-11-3-4-14-9/h3-4H,5,10H2,1-2H3. The molecule has 0 bridgehead atoms. The van der Waals surface area contributed by atoms with Gasteiger partial charge in [-0.1, -0.05) is 0 Å². The minimum Gasteiger partial charge on any atom is -0.440 e. The Morgan fingerprint density at radius 2 is 2.40 bits per heavy atom. The fraction of sp³-hybridized carbons (Fsp3) is 0.333. The van der Waals surface area contributed by atoms with E-state index in [2.05, 4.69) is 10.1 Å². The van der Waals surface area contributed by atoms with Crippen LogP contribution in [-0.2, 0) is 13.6 Å². The first-order chi connectivity index (χ1) is 7.22. The molecule has 2 heterocycles. The van der Waals surface area contributed by atoms with Crippen molar-refractivity contribution in [2.45, 2.75) is 23.7 Å².